The summed E-state index contributed by atoms with van der Waals surface area (Å²) in [6.07, 6.45) is 6.89. The summed E-state index contributed by atoms with van der Waals surface area (Å²) in [7, 11) is 0. The van der Waals surface area contributed by atoms with Crippen LogP contribution in [0, 0.1) is 5.92 Å². The number of rotatable bonds is 6. The maximum Gasteiger partial charge on any atom is 0.265 e. The molecule has 130 valence electrons. The van der Waals surface area contributed by atoms with Crippen molar-refractivity contribution < 1.29 is 9.59 Å². The van der Waals surface area contributed by atoms with Crippen LogP contribution < -0.4 is 16.4 Å². The lowest BCUT2D eigenvalue weighted by atomic mass is 10.1. The second-order valence-electron chi connectivity index (χ2n) is 6.05. The number of carbonyl (C=O) groups excluding carboxylic acids is 2. The first kappa shape index (κ1) is 17.2. The highest BCUT2D eigenvalue weighted by Gasteiger charge is 2.15. The SMILES string of the molecule is Nc1ccccc1NC(=O)c1ccc(CNC(=O)CC2C=CCC2)s1. The molecule has 0 saturated carbocycles. The van der Waals surface area contributed by atoms with Gasteiger partial charge in [-0.05, 0) is 43.0 Å². The van der Waals surface area contributed by atoms with Crippen molar-refractivity contribution in [3.8, 4) is 0 Å². The van der Waals surface area contributed by atoms with Gasteiger partial charge in [0.1, 0.15) is 0 Å². The molecule has 25 heavy (non-hydrogen) atoms. The molecule has 1 atom stereocenters. The van der Waals surface area contributed by atoms with Gasteiger partial charge in [0.25, 0.3) is 5.91 Å². The van der Waals surface area contributed by atoms with E-state index in [2.05, 4.69) is 22.8 Å². The third kappa shape index (κ3) is 4.70. The van der Waals surface area contributed by atoms with E-state index in [1.807, 2.05) is 18.2 Å². The van der Waals surface area contributed by atoms with Gasteiger partial charge >= 0.3 is 0 Å². The molecular formula is C19H21N3O2S. The molecule has 5 nitrogen and oxygen atoms in total. The van der Waals surface area contributed by atoms with Crippen LogP contribution in [0.3, 0.4) is 0 Å². The van der Waals surface area contributed by atoms with Gasteiger partial charge in [-0.1, -0.05) is 24.3 Å². The average molecular weight is 355 g/mol. The number of hydrogen-bond donors (Lipinski definition) is 3. The van der Waals surface area contributed by atoms with Crippen LogP contribution >= 0.6 is 11.3 Å². The Balaban J connectivity index is 1.51. The fraction of sp³-hybridized carbons (Fsp3) is 0.263. The van der Waals surface area contributed by atoms with E-state index < -0.39 is 0 Å². The second kappa shape index (κ2) is 7.98. The second-order valence-corrected chi connectivity index (χ2v) is 7.22. The van der Waals surface area contributed by atoms with Gasteiger partial charge in [-0.25, -0.2) is 0 Å². The van der Waals surface area contributed by atoms with E-state index in [-0.39, 0.29) is 11.8 Å². The molecule has 0 bridgehead atoms. The number of thiophene rings is 1. The summed E-state index contributed by atoms with van der Waals surface area (Å²) in [5.74, 6) is 0.214. The zero-order valence-electron chi connectivity index (χ0n) is 13.8. The van der Waals surface area contributed by atoms with Crippen LogP contribution in [0.4, 0.5) is 11.4 Å². The van der Waals surface area contributed by atoms with Gasteiger partial charge in [-0.2, -0.15) is 0 Å². The molecule has 1 heterocycles. The van der Waals surface area contributed by atoms with Crippen LogP contribution in [0.15, 0.2) is 48.6 Å². The average Bonchev–Trinajstić information content (AvgIpc) is 3.26. The summed E-state index contributed by atoms with van der Waals surface area (Å²) < 4.78 is 0. The Morgan fingerprint density at radius 3 is 2.80 bits per heavy atom. The first-order valence-corrected chi connectivity index (χ1v) is 9.11. The van der Waals surface area contributed by atoms with E-state index in [4.69, 9.17) is 5.73 Å². The molecule has 1 unspecified atom stereocenters. The fourth-order valence-electron chi connectivity index (χ4n) is 2.75. The van der Waals surface area contributed by atoms with Crippen LogP contribution in [-0.4, -0.2) is 11.8 Å². The molecule has 0 fully saturated rings. The number of para-hydroxylation sites is 2. The molecule has 0 aliphatic heterocycles. The Bertz CT molecular complexity index is 797. The lowest BCUT2D eigenvalue weighted by Crippen LogP contribution is -2.23. The molecule has 4 N–H and O–H groups in total. The molecule has 1 aromatic heterocycles. The van der Waals surface area contributed by atoms with Crippen molar-refractivity contribution >= 4 is 34.5 Å². The van der Waals surface area contributed by atoms with Gasteiger partial charge in [0.2, 0.25) is 5.91 Å². The van der Waals surface area contributed by atoms with Crippen LogP contribution in [0.1, 0.15) is 33.8 Å². The summed E-state index contributed by atoms with van der Waals surface area (Å²) in [6.45, 7) is 0.445. The number of nitrogens with one attached hydrogen (secondary N) is 2. The molecule has 3 rings (SSSR count). The number of hydrogen-bond acceptors (Lipinski definition) is 4. The standard InChI is InChI=1S/C19H21N3O2S/c20-15-7-3-4-8-16(15)22-19(24)17-10-9-14(25-17)12-21-18(23)11-13-5-1-2-6-13/h1,3-5,7-10,13H,2,6,11-12,20H2,(H,21,23)(H,22,24). The lowest BCUT2D eigenvalue weighted by molar-refractivity contribution is -0.121. The summed E-state index contributed by atoms with van der Waals surface area (Å²) in [4.78, 5) is 25.8. The van der Waals surface area contributed by atoms with Crippen molar-refractivity contribution in [2.45, 2.75) is 25.8 Å². The van der Waals surface area contributed by atoms with E-state index in [0.29, 0.717) is 35.1 Å². The minimum Gasteiger partial charge on any atom is -0.397 e. The van der Waals surface area contributed by atoms with Crippen molar-refractivity contribution in [1.29, 1.82) is 0 Å². The Kier molecular flexibility index (Phi) is 5.50. The van der Waals surface area contributed by atoms with E-state index >= 15 is 0 Å². The largest absolute Gasteiger partial charge is 0.397 e. The third-order valence-electron chi connectivity index (χ3n) is 4.11. The van der Waals surface area contributed by atoms with E-state index in [0.717, 1.165) is 17.7 Å². The molecular weight excluding hydrogens is 334 g/mol. The quantitative estimate of drug-likeness (QED) is 0.547. The molecule has 1 aromatic carbocycles. The Morgan fingerprint density at radius 1 is 1.20 bits per heavy atom. The highest BCUT2D eigenvalue weighted by atomic mass is 32.1. The number of nitrogens with two attached hydrogens (primary N) is 1. The highest BCUT2D eigenvalue weighted by molar-refractivity contribution is 7.14. The third-order valence-corrected chi connectivity index (χ3v) is 5.20. The van der Waals surface area contributed by atoms with Gasteiger partial charge in [0, 0.05) is 11.3 Å². The van der Waals surface area contributed by atoms with Crippen LogP contribution in [0.5, 0.6) is 0 Å². The van der Waals surface area contributed by atoms with Crippen molar-refractivity contribution in [1.82, 2.24) is 5.32 Å². The molecule has 2 amide bonds. The predicted molar refractivity (Wildman–Crippen MR) is 101 cm³/mol. The molecule has 0 saturated heterocycles. The Labute approximate surface area is 150 Å². The smallest absolute Gasteiger partial charge is 0.265 e. The van der Waals surface area contributed by atoms with Crippen molar-refractivity contribution in [3.05, 3.63) is 58.3 Å². The summed E-state index contributed by atoms with van der Waals surface area (Å²) in [6, 6.07) is 10.8. The zero-order chi connectivity index (χ0) is 17.6. The van der Waals surface area contributed by atoms with E-state index in [9.17, 15) is 9.59 Å². The molecule has 1 aliphatic carbocycles. The maximum absolute atomic E-state index is 12.3. The van der Waals surface area contributed by atoms with Crippen molar-refractivity contribution in [2.75, 3.05) is 11.1 Å². The van der Waals surface area contributed by atoms with Crippen molar-refractivity contribution in [3.63, 3.8) is 0 Å². The van der Waals surface area contributed by atoms with Gasteiger partial charge in [0.05, 0.1) is 22.8 Å². The van der Waals surface area contributed by atoms with E-state index in [1.54, 1.807) is 18.2 Å². The number of amides is 2. The number of allylic oxidation sites excluding steroid dienone is 2. The van der Waals surface area contributed by atoms with E-state index in [1.165, 1.54) is 11.3 Å². The van der Waals surface area contributed by atoms with Crippen LogP contribution in [0.25, 0.3) is 0 Å². The predicted octanol–water partition coefficient (Wildman–Crippen LogP) is 3.56. The normalized spacial score (nSPS) is 15.9. The first-order chi connectivity index (χ1) is 12.1. The summed E-state index contributed by atoms with van der Waals surface area (Å²) in [5, 5.41) is 5.73. The number of nitrogen functional groups attached to an aromatic ring is 1. The maximum atomic E-state index is 12.3. The number of carbonyl (C=O) groups is 2. The molecule has 1 aliphatic rings. The van der Waals surface area contributed by atoms with Gasteiger partial charge in [-0.15, -0.1) is 11.3 Å². The molecule has 2 aromatic rings. The molecule has 0 radical (unpaired) electrons. The first-order valence-electron chi connectivity index (χ1n) is 8.30. The molecule has 6 heteroatoms. The van der Waals surface area contributed by atoms with Crippen LogP contribution in [0.2, 0.25) is 0 Å². The Morgan fingerprint density at radius 2 is 2.04 bits per heavy atom. The highest BCUT2D eigenvalue weighted by Crippen LogP contribution is 2.22. The van der Waals surface area contributed by atoms with Crippen molar-refractivity contribution in [2.24, 2.45) is 5.92 Å². The molecule has 0 spiro atoms. The summed E-state index contributed by atoms with van der Waals surface area (Å²) in [5.41, 5.74) is 6.96. The zero-order valence-corrected chi connectivity index (χ0v) is 14.6. The van der Waals surface area contributed by atoms with Crippen LogP contribution in [-0.2, 0) is 11.3 Å². The number of benzene rings is 1. The summed E-state index contributed by atoms with van der Waals surface area (Å²) >= 11 is 1.37. The Hall–Kier alpha value is -2.60. The lowest BCUT2D eigenvalue weighted by Gasteiger charge is -2.08. The van der Waals surface area contributed by atoms with Gasteiger partial charge in [-0.3, -0.25) is 9.59 Å². The number of anilines is 2. The topological polar surface area (TPSA) is 84.2 Å². The van der Waals surface area contributed by atoms with Gasteiger partial charge < -0.3 is 16.4 Å². The monoisotopic (exact) mass is 355 g/mol. The van der Waals surface area contributed by atoms with Gasteiger partial charge in [0.15, 0.2) is 0 Å². The minimum absolute atomic E-state index is 0.0491. The minimum atomic E-state index is -0.198. The fourth-order valence-corrected chi connectivity index (χ4v) is 3.59.